The molecule has 0 aliphatic rings. The highest BCUT2D eigenvalue weighted by atomic mass is 19.1. The van der Waals surface area contributed by atoms with E-state index in [1.807, 2.05) is 0 Å². The number of halogens is 2. The van der Waals surface area contributed by atoms with Gasteiger partial charge in [-0.15, -0.1) is 0 Å². The number of nitrogens with one attached hydrogen (secondary N) is 1. The van der Waals surface area contributed by atoms with E-state index in [4.69, 9.17) is 10.3 Å². The normalized spacial score (nSPS) is 10.7. The first kappa shape index (κ1) is 20.7. The number of benzene rings is 3. The van der Waals surface area contributed by atoms with Crippen molar-refractivity contribution in [1.29, 1.82) is 0 Å². The zero-order valence-electron chi connectivity index (χ0n) is 16.2. The Morgan fingerprint density at radius 3 is 2.25 bits per heavy atom. The van der Waals surface area contributed by atoms with Crippen molar-refractivity contribution in [3.05, 3.63) is 83.4 Å². The number of aromatic nitrogens is 2. The van der Waals surface area contributed by atoms with Crippen LogP contribution in [0.3, 0.4) is 0 Å². The van der Waals surface area contributed by atoms with Crippen LogP contribution in [0.15, 0.2) is 65.2 Å². The minimum absolute atomic E-state index is 0.0153. The molecule has 0 bridgehead atoms. The number of hydrogen-bond acceptors (Lipinski definition) is 6. The lowest BCUT2D eigenvalue weighted by molar-refractivity contribution is 0.0997. The third-order valence-corrected chi connectivity index (χ3v) is 4.46. The highest BCUT2D eigenvalue weighted by Gasteiger charge is 2.16. The molecule has 0 aliphatic heterocycles. The van der Waals surface area contributed by atoms with Crippen molar-refractivity contribution in [3.63, 3.8) is 0 Å². The van der Waals surface area contributed by atoms with Gasteiger partial charge in [0, 0.05) is 34.5 Å². The zero-order chi connectivity index (χ0) is 22.8. The molecular formula is C22H14F2N4O4. The van der Waals surface area contributed by atoms with Crippen LogP contribution in [-0.2, 0) is 0 Å². The van der Waals surface area contributed by atoms with Crippen LogP contribution < -0.4 is 11.1 Å². The Morgan fingerprint density at radius 1 is 0.938 bits per heavy atom. The van der Waals surface area contributed by atoms with E-state index in [2.05, 4.69) is 15.5 Å². The number of nitrogens with two attached hydrogens (primary N) is 1. The van der Waals surface area contributed by atoms with Crippen molar-refractivity contribution in [1.82, 2.24) is 10.1 Å². The molecule has 3 aromatic carbocycles. The summed E-state index contributed by atoms with van der Waals surface area (Å²) in [6.07, 6.45) is 0. The SMILES string of the molecule is NC(=O)c1ccc(-c2noc(-c3ccc(NC(=O)c4cc(F)cc(F)c4)cc3O)n2)cc1. The molecule has 1 heterocycles. The number of aromatic hydroxyl groups is 1. The summed E-state index contributed by atoms with van der Waals surface area (Å²) < 4.78 is 31.8. The third-order valence-electron chi connectivity index (χ3n) is 4.46. The number of primary amides is 1. The summed E-state index contributed by atoms with van der Waals surface area (Å²) >= 11 is 0. The van der Waals surface area contributed by atoms with Gasteiger partial charge in [-0.1, -0.05) is 17.3 Å². The second-order valence-corrected chi connectivity index (χ2v) is 6.71. The first-order valence-electron chi connectivity index (χ1n) is 9.15. The number of phenolic OH excluding ortho intramolecular Hbond substituents is 1. The molecule has 1 aromatic heterocycles. The Morgan fingerprint density at radius 2 is 1.62 bits per heavy atom. The van der Waals surface area contributed by atoms with Gasteiger partial charge >= 0.3 is 0 Å². The van der Waals surface area contributed by atoms with Gasteiger partial charge in [-0.2, -0.15) is 4.98 Å². The molecule has 0 saturated carbocycles. The summed E-state index contributed by atoms with van der Waals surface area (Å²) in [5.41, 5.74) is 6.28. The summed E-state index contributed by atoms with van der Waals surface area (Å²) in [6, 6.07) is 12.8. The number of phenols is 1. The van der Waals surface area contributed by atoms with Crippen molar-refractivity contribution in [2.45, 2.75) is 0 Å². The maximum absolute atomic E-state index is 13.3. The van der Waals surface area contributed by atoms with E-state index in [0.717, 1.165) is 12.1 Å². The fourth-order valence-electron chi connectivity index (χ4n) is 2.91. The molecule has 4 aromatic rings. The Kier molecular flexibility index (Phi) is 5.34. The monoisotopic (exact) mass is 436 g/mol. The summed E-state index contributed by atoms with van der Waals surface area (Å²) in [7, 11) is 0. The number of amides is 2. The van der Waals surface area contributed by atoms with E-state index in [1.54, 1.807) is 12.1 Å². The second-order valence-electron chi connectivity index (χ2n) is 6.71. The van der Waals surface area contributed by atoms with Crippen molar-refractivity contribution in [3.8, 4) is 28.6 Å². The predicted octanol–water partition coefficient (Wildman–Crippen LogP) is 3.74. The van der Waals surface area contributed by atoms with Crippen LogP contribution in [0.1, 0.15) is 20.7 Å². The molecule has 0 aliphatic carbocycles. The zero-order valence-corrected chi connectivity index (χ0v) is 16.2. The molecule has 2 amide bonds. The average molecular weight is 436 g/mol. The maximum Gasteiger partial charge on any atom is 0.262 e. The Balaban J connectivity index is 1.53. The minimum atomic E-state index is -0.884. The molecule has 32 heavy (non-hydrogen) atoms. The quantitative estimate of drug-likeness (QED) is 0.437. The van der Waals surface area contributed by atoms with Gasteiger partial charge in [-0.25, -0.2) is 8.78 Å². The Labute approximate surface area is 179 Å². The molecule has 0 atom stereocenters. The fourth-order valence-corrected chi connectivity index (χ4v) is 2.91. The molecule has 4 rings (SSSR count). The molecular weight excluding hydrogens is 422 g/mol. The first-order chi connectivity index (χ1) is 15.3. The lowest BCUT2D eigenvalue weighted by Crippen LogP contribution is -2.12. The largest absolute Gasteiger partial charge is 0.507 e. The number of rotatable bonds is 5. The lowest BCUT2D eigenvalue weighted by Gasteiger charge is -2.07. The van der Waals surface area contributed by atoms with Gasteiger partial charge in [0.1, 0.15) is 17.4 Å². The summed E-state index contributed by atoms with van der Waals surface area (Å²) in [4.78, 5) is 27.6. The molecule has 4 N–H and O–H groups in total. The van der Waals surface area contributed by atoms with Crippen molar-refractivity contribution in [2.75, 3.05) is 5.32 Å². The smallest absolute Gasteiger partial charge is 0.262 e. The molecule has 160 valence electrons. The van der Waals surface area contributed by atoms with Crippen LogP contribution in [0.5, 0.6) is 5.75 Å². The van der Waals surface area contributed by atoms with E-state index in [-0.39, 0.29) is 34.3 Å². The number of hydrogen-bond donors (Lipinski definition) is 3. The first-order valence-corrected chi connectivity index (χ1v) is 9.15. The van der Waals surface area contributed by atoms with Gasteiger partial charge in [-0.3, -0.25) is 9.59 Å². The highest BCUT2D eigenvalue weighted by Crippen LogP contribution is 2.32. The van der Waals surface area contributed by atoms with Gasteiger partial charge in [-0.05, 0) is 36.4 Å². The van der Waals surface area contributed by atoms with Crippen LogP contribution >= 0.6 is 0 Å². The van der Waals surface area contributed by atoms with E-state index < -0.39 is 23.4 Å². The topological polar surface area (TPSA) is 131 Å². The van der Waals surface area contributed by atoms with E-state index in [0.29, 0.717) is 17.2 Å². The van der Waals surface area contributed by atoms with Gasteiger partial charge in [0.2, 0.25) is 11.7 Å². The minimum Gasteiger partial charge on any atom is -0.507 e. The summed E-state index contributed by atoms with van der Waals surface area (Å²) in [5.74, 6) is -3.12. The van der Waals surface area contributed by atoms with Crippen molar-refractivity contribution in [2.24, 2.45) is 5.73 Å². The van der Waals surface area contributed by atoms with Crippen LogP contribution in [0.2, 0.25) is 0 Å². The molecule has 10 heteroatoms. The van der Waals surface area contributed by atoms with Crippen molar-refractivity contribution >= 4 is 17.5 Å². The maximum atomic E-state index is 13.3. The summed E-state index contributed by atoms with van der Waals surface area (Å²) in [6.45, 7) is 0. The molecule has 0 saturated heterocycles. The van der Waals surface area contributed by atoms with Gasteiger partial charge in [0.05, 0.1) is 5.56 Å². The number of nitrogens with zero attached hydrogens (tertiary/aromatic N) is 2. The molecule has 0 unspecified atom stereocenters. The van der Waals surface area contributed by atoms with Gasteiger partial charge in [0.25, 0.3) is 11.8 Å². The number of carbonyl (C=O) groups is 2. The Bertz CT molecular complexity index is 1320. The predicted molar refractivity (Wildman–Crippen MR) is 110 cm³/mol. The summed E-state index contributed by atoms with van der Waals surface area (Å²) in [5, 5.41) is 16.6. The van der Waals surface area contributed by atoms with Crippen LogP contribution in [0, 0.1) is 11.6 Å². The van der Waals surface area contributed by atoms with E-state index in [1.165, 1.54) is 30.3 Å². The van der Waals surface area contributed by atoms with Crippen LogP contribution in [-0.4, -0.2) is 27.1 Å². The standard InChI is InChI=1S/C22H14F2N4O4/c23-14-7-13(8-15(24)9-14)21(31)26-16-5-6-17(18(29)10-16)22-27-20(28-32-22)12-3-1-11(2-4-12)19(25)30/h1-10,29H,(H2,25,30)(H,26,31). The van der Waals surface area contributed by atoms with E-state index in [9.17, 15) is 23.5 Å². The van der Waals surface area contributed by atoms with E-state index >= 15 is 0 Å². The van der Waals surface area contributed by atoms with Gasteiger partial charge in [0.15, 0.2) is 0 Å². The third kappa shape index (κ3) is 4.29. The van der Waals surface area contributed by atoms with Crippen LogP contribution in [0.4, 0.5) is 14.5 Å². The highest BCUT2D eigenvalue weighted by molar-refractivity contribution is 6.04. The van der Waals surface area contributed by atoms with Crippen molar-refractivity contribution < 1.29 is 28.0 Å². The molecule has 8 nitrogen and oxygen atoms in total. The lowest BCUT2D eigenvalue weighted by atomic mass is 10.1. The number of anilines is 1. The Hall–Kier alpha value is -4.60. The number of carbonyl (C=O) groups excluding carboxylic acids is 2. The van der Waals surface area contributed by atoms with Crippen LogP contribution in [0.25, 0.3) is 22.8 Å². The van der Waals surface area contributed by atoms with Gasteiger partial charge < -0.3 is 20.7 Å². The molecule has 0 radical (unpaired) electrons. The molecule has 0 fully saturated rings. The second kappa shape index (κ2) is 8.26. The average Bonchev–Trinajstić information content (AvgIpc) is 3.23. The fraction of sp³-hybridized carbons (Fsp3) is 0. The molecule has 0 spiro atoms.